The van der Waals surface area contributed by atoms with Gasteiger partial charge in [-0.05, 0) is 244 Å². The lowest BCUT2D eigenvalue weighted by atomic mass is 9.44. The summed E-state index contributed by atoms with van der Waals surface area (Å²) >= 11 is 0. The first-order chi connectivity index (χ1) is 60.1. The minimum absolute atomic E-state index is 0.0476. The molecule has 4 aliphatic rings. The minimum Gasteiger partial charge on any atom is -0.455 e. The Hall–Kier alpha value is -6.31. The van der Waals surface area contributed by atoms with Crippen LogP contribution in [0, 0.1) is 67.5 Å². The van der Waals surface area contributed by atoms with Gasteiger partial charge in [0, 0.05) is 74.6 Å². The van der Waals surface area contributed by atoms with E-state index in [0.29, 0.717) is 47.0 Å². The molecule has 1 aromatic rings. The van der Waals surface area contributed by atoms with E-state index in [4.69, 9.17) is 28.4 Å². The van der Waals surface area contributed by atoms with Gasteiger partial charge >= 0.3 is 11.9 Å². The molecular formula is C106H178O26. The molecule has 0 radical (unpaired) electrons. The summed E-state index contributed by atoms with van der Waals surface area (Å²) in [6, 6.07) is 8.08. The van der Waals surface area contributed by atoms with Crippen molar-refractivity contribution in [1.29, 1.82) is 0 Å². The average molecular weight is 1870 g/mol. The number of ether oxygens (including phenoxy) is 6. The van der Waals surface area contributed by atoms with Crippen LogP contribution in [0.2, 0.25) is 0 Å². The molecule has 0 amide bonds. The number of rotatable bonds is 36. The molecule has 1 aliphatic heterocycles. The molecule has 758 valence electrons. The molecule has 23 atom stereocenters. The Labute approximate surface area is 792 Å². The van der Waals surface area contributed by atoms with Crippen LogP contribution in [-0.4, -0.2) is 239 Å². The molecule has 0 spiro atoms. The number of carbonyl (C=O) groups is 9. The maximum absolute atomic E-state index is 14.3. The number of hydrogen-bond donors (Lipinski definition) is 11. The number of Topliss-reactive ketones (excluding diaryl/α,β-unsaturated/α-hetero) is 7. The molecule has 11 N–H and O–H groups in total. The van der Waals surface area contributed by atoms with Crippen molar-refractivity contribution in [3.05, 3.63) is 103 Å². The average Bonchev–Trinajstić information content (AvgIpc) is 0.668. The number of hydrogen-bond acceptors (Lipinski definition) is 26. The zero-order chi connectivity index (χ0) is 104. The highest BCUT2D eigenvalue weighted by molar-refractivity contribution is 6.46. The third kappa shape index (κ3) is 28.3. The number of aliphatic hydroxyl groups is 11. The highest BCUT2D eigenvalue weighted by Gasteiger charge is 2.78. The second-order valence-electron chi connectivity index (χ2n) is 41.5. The number of ketones is 7. The Morgan fingerprint density at radius 3 is 1.20 bits per heavy atom. The molecule has 0 aromatic heterocycles. The van der Waals surface area contributed by atoms with Gasteiger partial charge in [-0.2, -0.15) is 0 Å². The molecular weight excluding hydrogens is 1690 g/mol. The summed E-state index contributed by atoms with van der Waals surface area (Å²) in [7, 11) is 4.97. The van der Waals surface area contributed by atoms with E-state index in [2.05, 4.69) is 69.2 Å². The van der Waals surface area contributed by atoms with Gasteiger partial charge in [-0.15, -0.1) is 0 Å². The van der Waals surface area contributed by atoms with E-state index in [0.717, 1.165) is 36.0 Å². The van der Waals surface area contributed by atoms with E-state index in [1.165, 1.54) is 51.0 Å². The number of esters is 2. The van der Waals surface area contributed by atoms with E-state index in [1.807, 2.05) is 76.2 Å². The number of benzene rings is 1. The van der Waals surface area contributed by atoms with E-state index < -0.39 is 152 Å². The van der Waals surface area contributed by atoms with Gasteiger partial charge < -0.3 is 84.6 Å². The van der Waals surface area contributed by atoms with Crippen molar-refractivity contribution < 1.29 is 128 Å². The quantitative estimate of drug-likeness (QED) is 0.0129. The van der Waals surface area contributed by atoms with Gasteiger partial charge in [0.1, 0.15) is 30.0 Å². The summed E-state index contributed by atoms with van der Waals surface area (Å²) in [5.74, 6) is -5.62. The van der Waals surface area contributed by atoms with E-state index in [1.54, 1.807) is 136 Å². The summed E-state index contributed by atoms with van der Waals surface area (Å²) in [6.07, 6.45) is -8.77. The van der Waals surface area contributed by atoms with Gasteiger partial charge in [0.05, 0.1) is 101 Å². The van der Waals surface area contributed by atoms with Crippen LogP contribution in [0.5, 0.6) is 0 Å². The van der Waals surface area contributed by atoms with Crippen molar-refractivity contribution in [2.45, 2.75) is 418 Å². The lowest BCUT2D eigenvalue weighted by Crippen LogP contribution is -2.81. The summed E-state index contributed by atoms with van der Waals surface area (Å²) in [5, 5.41) is 117. The van der Waals surface area contributed by atoms with Crippen LogP contribution in [-0.2, 0) is 66.8 Å². The van der Waals surface area contributed by atoms with Crippen LogP contribution in [0.25, 0.3) is 0 Å². The Balaban J connectivity index is 0.00000162. The molecule has 5 rings (SSSR count). The molecule has 2 bridgehead atoms. The fourth-order valence-corrected chi connectivity index (χ4v) is 17.5. The van der Waals surface area contributed by atoms with Crippen LogP contribution in [0.15, 0.2) is 97.2 Å². The summed E-state index contributed by atoms with van der Waals surface area (Å²) in [6.45, 7) is 70.7. The lowest BCUT2D eigenvalue weighted by molar-refractivity contribution is -0.345. The first kappa shape index (κ1) is 126. The van der Waals surface area contributed by atoms with Gasteiger partial charge in [0.25, 0.3) is 0 Å². The van der Waals surface area contributed by atoms with E-state index >= 15 is 0 Å². The molecule has 1 heterocycles. The SMILES string of the molecule is CC(=O)O[C@@]12COC1C[C@H](O)[C@@]1(C)C(=O)[C@H](O)C3=C(C)[C@@H](O)C[C@@](O)([C@@H](OC(=O)c4ccccc4)[C@@H]12)C3(C)C.CC[C@@H](C)C(C)(C)C(=O)C(=O)/C(C)=C(\C)[C@H](C)OC.CC[C@@H](C)C(C)(C)[C@@H](O)[C@@H](C)/C(C)=C(\C)[C@H](C)OC.CC[C@@H](C)C(C)(C)[C@@H](O)[C@@H](O)/C(C)=C(\C)[C@H](C)OC.CC[C@@H](O)C(C)(C)C(=O)C(=O)/C(C)=C(\C)[C@H](C)O.CC[C@H](O)C(C)(C)C(=O)C(=O)/C(C)=C(\C)[C@H](C)O. The normalized spacial score (nSPS) is 25.5. The second kappa shape index (κ2) is 51.4. The first-order valence-electron chi connectivity index (χ1n) is 47.2. The number of aliphatic hydroxyl groups excluding tert-OH is 10. The van der Waals surface area contributed by atoms with Gasteiger partial charge in [-0.25, -0.2) is 4.79 Å². The van der Waals surface area contributed by atoms with Crippen LogP contribution in [0.3, 0.4) is 0 Å². The van der Waals surface area contributed by atoms with Crippen molar-refractivity contribution in [2.24, 2.45) is 67.5 Å². The van der Waals surface area contributed by atoms with Gasteiger partial charge in [0.15, 0.2) is 11.4 Å². The Kier molecular flexibility index (Phi) is 48.9. The summed E-state index contributed by atoms with van der Waals surface area (Å²) in [4.78, 5) is 113. The number of carbonyl (C=O) groups excluding carboxylic acids is 9. The van der Waals surface area contributed by atoms with Crippen molar-refractivity contribution in [2.75, 3.05) is 27.9 Å². The van der Waals surface area contributed by atoms with Crippen molar-refractivity contribution >= 4 is 52.4 Å². The molecule has 3 fully saturated rings. The Bertz CT molecular complexity index is 4120. The smallest absolute Gasteiger partial charge is 0.338 e. The highest BCUT2D eigenvalue weighted by Crippen LogP contribution is 2.64. The van der Waals surface area contributed by atoms with E-state index in [9.17, 15) is 99.3 Å². The number of fused-ring (bicyclic) bond motifs is 5. The Morgan fingerprint density at radius 1 is 0.492 bits per heavy atom. The lowest BCUT2D eigenvalue weighted by Gasteiger charge is -2.67. The monoisotopic (exact) mass is 1870 g/mol. The van der Waals surface area contributed by atoms with Crippen LogP contribution in [0.1, 0.15) is 325 Å². The number of methoxy groups -OCH3 is 3. The highest BCUT2D eigenvalue weighted by atomic mass is 16.6. The first-order valence-corrected chi connectivity index (χ1v) is 47.2. The topological polar surface area (TPSA) is 432 Å². The predicted molar refractivity (Wildman–Crippen MR) is 517 cm³/mol. The van der Waals surface area contributed by atoms with Crippen LogP contribution >= 0.6 is 0 Å². The minimum atomic E-state index is -2.07. The standard InChI is InChI=1S/C29H36O10.C17H34O2.C16H32O3.C16H28O3.2C14H24O4/c1-14-17(31)12-29(36)24(38-25(35)16-9-7-6-8-10-16)22-27(5,23(34)21(33)20(14)26(29,3)4)18(32)11-19-28(22,13-37-19)39-15(2)30;1-10-11(2)17(7,8)16(18)14(5)12(3)13(4)15(6)19-9;2*1-9-10(2)16(6,7)15(18)14(17)12(4)11(3)13(5)19-8;2*1-7-11(16)14(5,6)13(18)12(17)9(3)8(2)10(4)15/h6-10,17-19,21-22,24,31-33,36H,11-13H2,1-5H3;11,14-16,18H,10H2,1-9H3;10,13-15,17-18H,9H2,1-8H3;10,13H,9H2,1-8H3;2*10-11,15-16H,7H2,1-6H3/b;13-12+;2*12-11+;2*9-8+/t17-,18-,19?,21+,22-,24-,27+,28-,29+;11-,14+,15+,16+;10-,13+,14+,15+;10-,13+;10-,11+;10-,11-/m011100/s1. The van der Waals surface area contributed by atoms with Crippen molar-refractivity contribution in [3.8, 4) is 0 Å². The molecule has 26 nitrogen and oxygen atoms in total. The van der Waals surface area contributed by atoms with Crippen LogP contribution in [0.4, 0.5) is 0 Å². The molecule has 132 heavy (non-hydrogen) atoms. The molecule has 26 heteroatoms. The molecule has 2 saturated carbocycles. The van der Waals surface area contributed by atoms with Crippen molar-refractivity contribution in [3.63, 3.8) is 0 Å². The van der Waals surface area contributed by atoms with Gasteiger partial charge in [0.2, 0.25) is 34.7 Å². The largest absolute Gasteiger partial charge is 0.455 e. The second-order valence-corrected chi connectivity index (χ2v) is 41.5. The fraction of sp³-hybridized carbons (Fsp3) is 0.745. The van der Waals surface area contributed by atoms with Crippen molar-refractivity contribution in [1.82, 2.24) is 0 Å². The zero-order valence-electron chi connectivity index (χ0n) is 88.6. The van der Waals surface area contributed by atoms with Crippen LogP contribution < -0.4 is 0 Å². The zero-order valence-corrected chi connectivity index (χ0v) is 88.6. The van der Waals surface area contributed by atoms with Gasteiger partial charge in [-0.3, -0.25) is 38.4 Å². The molecule has 1 aromatic carbocycles. The predicted octanol–water partition coefficient (Wildman–Crippen LogP) is 15.5. The molecule has 3 aliphatic carbocycles. The maximum Gasteiger partial charge on any atom is 0.338 e. The molecule has 1 unspecified atom stereocenters. The summed E-state index contributed by atoms with van der Waals surface area (Å²) in [5.41, 5.74) is -2.41. The Morgan fingerprint density at radius 2 is 0.856 bits per heavy atom. The third-order valence-electron chi connectivity index (χ3n) is 32.0. The number of allylic oxidation sites excluding steroid dienone is 3. The summed E-state index contributed by atoms with van der Waals surface area (Å²) < 4.78 is 33.6. The third-order valence-corrected chi connectivity index (χ3v) is 32.0. The molecule has 1 saturated heterocycles. The fourth-order valence-electron chi connectivity index (χ4n) is 17.5. The maximum atomic E-state index is 14.3. The van der Waals surface area contributed by atoms with Gasteiger partial charge in [-0.1, -0.05) is 161 Å². The van der Waals surface area contributed by atoms with E-state index in [-0.39, 0.29) is 100 Å².